The fourth-order valence-corrected chi connectivity index (χ4v) is 2.45. The number of alkyl carbamates (subject to hydrolysis) is 1. The van der Waals surface area contributed by atoms with E-state index in [-0.39, 0.29) is 25.5 Å². The average molecular weight is 471 g/mol. The van der Waals surface area contributed by atoms with Crippen LogP contribution in [0.4, 0.5) is 18.0 Å². The first-order chi connectivity index (χ1) is 14.1. The first-order valence-electron chi connectivity index (χ1n) is 8.80. The van der Waals surface area contributed by atoms with E-state index in [2.05, 4.69) is 14.7 Å². The molecule has 1 unspecified atom stereocenters. The van der Waals surface area contributed by atoms with Crippen molar-refractivity contribution in [3.05, 3.63) is 29.8 Å². The Hall–Kier alpha value is -2.74. The zero-order valence-corrected chi connectivity index (χ0v) is 17.8. The Balaban J connectivity index is 2.97. The molecule has 4 N–H and O–H groups in total. The number of nitrogens with zero attached hydrogens (tertiary/aromatic N) is 1. The van der Waals surface area contributed by atoms with Gasteiger partial charge < -0.3 is 29.9 Å². The van der Waals surface area contributed by atoms with Crippen molar-refractivity contribution in [2.45, 2.75) is 44.3 Å². The molecular formula is C17H24F3N3O7S. The molecule has 14 heteroatoms. The maximum atomic E-state index is 12.4. The molecule has 0 aliphatic carbocycles. The maximum Gasteiger partial charge on any atom is 0.534 e. The number of aliphatic hydroxyl groups is 1. The van der Waals surface area contributed by atoms with E-state index in [1.807, 2.05) is 0 Å². The Bertz CT molecular complexity index is 866. The quantitative estimate of drug-likeness (QED) is 0.123. The number of rotatable bonds is 9. The summed E-state index contributed by atoms with van der Waals surface area (Å²) in [4.78, 5) is 16.9. The summed E-state index contributed by atoms with van der Waals surface area (Å²) < 4.78 is 68.5. The lowest BCUT2D eigenvalue weighted by molar-refractivity contribution is -0.0500. The van der Waals surface area contributed by atoms with Crippen LogP contribution in [0.5, 0.6) is 5.75 Å². The highest BCUT2D eigenvalue weighted by molar-refractivity contribution is 7.88. The van der Waals surface area contributed by atoms with Gasteiger partial charge in [-0.15, -0.1) is 0 Å². The normalized spacial score (nSPS) is 14.0. The number of alkyl halides is 3. The number of benzene rings is 1. The molecule has 176 valence electrons. The molecule has 0 heterocycles. The molecule has 0 radical (unpaired) electrons. The van der Waals surface area contributed by atoms with Crippen molar-refractivity contribution in [3.63, 3.8) is 0 Å². The van der Waals surface area contributed by atoms with E-state index in [4.69, 9.17) is 20.4 Å². The predicted octanol–water partition coefficient (Wildman–Crippen LogP) is 1.63. The van der Waals surface area contributed by atoms with Gasteiger partial charge in [0.05, 0.1) is 12.6 Å². The van der Waals surface area contributed by atoms with Gasteiger partial charge in [0.15, 0.2) is 5.84 Å². The summed E-state index contributed by atoms with van der Waals surface area (Å²) in [6.45, 7) is 4.49. The number of nitrogens with two attached hydrogens (primary N) is 1. The SMILES string of the molecule is CC(C)(C)OC(=O)NC(Cc1ccc(OS(=O)(=O)C(F)(F)F)cc1)/C(N)=N/OCCO. The number of ether oxygens (including phenoxy) is 1. The van der Waals surface area contributed by atoms with Crippen molar-refractivity contribution in [3.8, 4) is 5.75 Å². The zero-order chi connectivity index (χ0) is 23.9. The van der Waals surface area contributed by atoms with Crippen LogP contribution in [0, 0.1) is 0 Å². The second-order valence-corrected chi connectivity index (χ2v) is 8.64. The lowest BCUT2D eigenvalue weighted by Gasteiger charge is -2.23. The average Bonchev–Trinajstić information content (AvgIpc) is 2.60. The number of nitrogens with one attached hydrogen (secondary N) is 1. The van der Waals surface area contributed by atoms with Gasteiger partial charge in [-0.3, -0.25) is 0 Å². The monoisotopic (exact) mass is 471 g/mol. The minimum Gasteiger partial charge on any atom is -0.444 e. The number of hydrogen-bond acceptors (Lipinski definition) is 8. The van der Waals surface area contributed by atoms with E-state index in [1.54, 1.807) is 20.8 Å². The van der Waals surface area contributed by atoms with Crippen LogP contribution in [0.25, 0.3) is 0 Å². The fourth-order valence-electron chi connectivity index (χ4n) is 1.99. The van der Waals surface area contributed by atoms with E-state index < -0.39 is 39.1 Å². The van der Waals surface area contributed by atoms with Crippen LogP contribution in [0.1, 0.15) is 26.3 Å². The number of amidine groups is 1. The molecule has 0 saturated heterocycles. The van der Waals surface area contributed by atoms with Crippen molar-refractivity contribution in [2.24, 2.45) is 10.9 Å². The summed E-state index contributed by atoms with van der Waals surface area (Å²) in [5, 5.41) is 14.8. The van der Waals surface area contributed by atoms with Gasteiger partial charge in [-0.1, -0.05) is 17.3 Å². The van der Waals surface area contributed by atoms with Gasteiger partial charge in [-0.25, -0.2) is 4.79 Å². The van der Waals surface area contributed by atoms with Crippen molar-refractivity contribution >= 4 is 22.0 Å². The molecule has 1 amide bonds. The summed E-state index contributed by atoms with van der Waals surface area (Å²) in [6.07, 6.45) is -0.808. The Morgan fingerprint density at radius 1 is 1.23 bits per heavy atom. The first kappa shape index (κ1) is 26.3. The van der Waals surface area contributed by atoms with Gasteiger partial charge in [-0.05, 0) is 38.5 Å². The van der Waals surface area contributed by atoms with Gasteiger partial charge in [0.25, 0.3) is 0 Å². The summed E-state index contributed by atoms with van der Waals surface area (Å²) >= 11 is 0. The zero-order valence-electron chi connectivity index (χ0n) is 17.0. The molecule has 0 aliphatic heterocycles. The van der Waals surface area contributed by atoms with Crippen LogP contribution in [-0.4, -0.2) is 55.8 Å². The van der Waals surface area contributed by atoms with Crippen molar-refractivity contribution < 1.29 is 45.2 Å². The molecule has 0 aromatic heterocycles. The molecule has 0 aliphatic rings. The number of oxime groups is 1. The third-order valence-corrected chi connectivity index (χ3v) is 4.23. The second-order valence-electron chi connectivity index (χ2n) is 7.10. The molecule has 0 fully saturated rings. The number of aliphatic hydroxyl groups excluding tert-OH is 1. The highest BCUT2D eigenvalue weighted by Gasteiger charge is 2.48. The van der Waals surface area contributed by atoms with Crippen LogP contribution in [0.3, 0.4) is 0 Å². The standard InChI is InChI=1S/C17H24F3N3O7S/c1-16(2,3)29-15(25)22-13(14(21)23-28-9-8-24)10-11-4-6-12(7-5-11)30-31(26,27)17(18,19)20/h4-7,13,24H,8-10H2,1-3H3,(H2,21,23)(H,22,25). The Kier molecular flexibility index (Phi) is 8.93. The minimum atomic E-state index is -5.80. The van der Waals surface area contributed by atoms with Crippen LogP contribution < -0.4 is 15.2 Å². The van der Waals surface area contributed by atoms with Crippen molar-refractivity contribution in [2.75, 3.05) is 13.2 Å². The fraction of sp³-hybridized carbons (Fsp3) is 0.529. The van der Waals surface area contributed by atoms with E-state index >= 15 is 0 Å². The number of amides is 1. The number of halogens is 3. The van der Waals surface area contributed by atoms with Crippen molar-refractivity contribution in [1.29, 1.82) is 0 Å². The van der Waals surface area contributed by atoms with Crippen molar-refractivity contribution in [1.82, 2.24) is 5.32 Å². The lowest BCUT2D eigenvalue weighted by atomic mass is 10.1. The topological polar surface area (TPSA) is 150 Å². The van der Waals surface area contributed by atoms with Gasteiger partial charge in [0.2, 0.25) is 0 Å². The van der Waals surface area contributed by atoms with Crippen LogP contribution in [0.15, 0.2) is 29.4 Å². The summed E-state index contributed by atoms with van der Waals surface area (Å²) in [5.41, 5.74) is -0.0902. The molecule has 31 heavy (non-hydrogen) atoms. The summed E-state index contributed by atoms with van der Waals surface area (Å²) in [7, 11) is -5.80. The van der Waals surface area contributed by atoms with Crippen LogP contribution in [0.2, 0.25) is 0 Å². The molecule has 1 atom stereocenters. The predicted molar refractivity (Wildman–Crippen MR) is 104 cm³/mol. The van der Waals surface area contributed by atoms with Gasteiger partial charge in [0.1, 0.15) is 18.0 Å². The number of carbonyl (C=O) groups is 1. The van der Waals surface area contributed by atoms with Gasteiger partial charge >= 0.3 is 21.7 Å². The molecule has 0 bridgehead atoms. The van der Waals surface area contributed by atoms with Gasteiger partial charge in [0, 0.05) is 6.42 Å². The van der Waals surface area contributed by atoms with E-state index in [1.165, 1.54) is 12.1 Å². The molecule has 1 aromatic carbocycles. The van der Waals surface area contributed by atoms with E-state index in [9.17, 15) is 26.4 Å². The number of carbonyl (C=O) groups excluding carboxylic acids is 1. The van der Waals surface area contributed by atoms with Crippen LogP contribution >= 0.6 is 0 Å². The highest BCUT2D eigenvalue weighted by atomic mass is 32.2. The third-order valence-electron chi connectivity index (χ3n) is 3.25. The third kappa shape index (κ3) is 9.29. The smallest absolute Gasteiger partial charge is 0.444 e. The molecule has 1 aromatic rings. The molecule has 10 nitrogen and oxygen atoms in total. The Labute approximate surface area is 177 Å². The Morgan fingerprint density at radius 3 is 2.29 bits per heavy atom. The van der Waals surface area contributed by atoms with E-state index in [0.29, 0.717) is 5.56 Å². The Morgan fingerprint density at radius 2 is 1.81 bits per heavy atom. The molecule has 0 spiro atoms. The summed E-state index contributed by atoms with van der Waals surface area (Å²) in [6, 6.07) is 3.65. The first-order valence-corrected chi connectivity index (χ1v) is 10.2. The summed E-state index contributed by atoms with van der Waals surface area (Å²) in [5.74, 6) is -0.718. The maximum absolute atomic E-state index is 12.4. The largest absolute Gasteiger partial charge is 0.534 e. The van der Waals surface area contributed by atoms with Gasteiger partial charge in [-0.2, -0.15) is 21.6 Å². The molecule has 1 rings (SSSR count). The van der Waals surface area contributed by atoms with Crippen LogP contribution in [-0.2, 0) is 26.1 Å². The highest BCUT2D eigenvalue weighted by Crippen LogP contribution is 2.27. The lowest BCUT2D eigenvalue weighted by Crippen LogP contribution is -2.47. The van der Waals surface area contributed by atoms with E-state index in [0.717, 1.165) is 12.1 Å². The molecule has 0 saturated carbocycles. The molecular weight excluding hydrogens is 447 g/mol. The minimum absolute atomic E-state index is 0.00334. The second kappa shape index (κ2) is 10.5. The number of hydrogen-bond donors (Lipinski definition) is 3.